The van der Waals surface area contributed by atoms with Gasteiger partial charge in [-0.15, -0.1) is 0 Å². The minimum absolute atomic E-state index is 0.222. The summed E-state index contributed by atoms with van der Waals surface area (Å²) >= 11 is 0. The third kappa shape index (κ3) is 5.78. The first-order chi connectivity index (χ1) is 11.8. The molecule has 0 heterocycles. The van der Waals surface area contributed by atoms with Gasteiger partial charge in [0, 0.05) is 5.56 Å². The molecule has 2 aromatic rings. The number of nitriles is 1. The number of benzene rings is 2. The van der Waals surface area contributed by atoms with E-state index in [0.717, 1.165) is 11.1 Å². The third-order valence-electron chi connectivity index (χ3n) is 3.00. The molecule has 0 fully saturated rings. The van der Waals surface area contributed by atoms with E-state index in [-0.39, 0.29) is 6.42 Å². The molecule has 5 heteroatoms. The molecule has 120 valence electrons. The first-order valence-corrected chi connectivity index (χ1v) is 7.42. The Morgan fingerprint density at radius 2 is 1.92 bits per heavy atom. The maximum atomic E-state index is 11.2. The summed E-state index contributed by atoms with van der Waals surface area (Å²) in [6.45, 7) is 0.417. The van der Waals surface area contributed by atoms with E-state index in [1.165, 1.54) is 6.21 Å². The van der Waals surface area contributed by atoms with Crippen LogP contribution in [0.3, 0.4) is 0 Å². The minimum atomic E-state index is -0.446. The second-order valence-electron chi connectivity index (χ2n) is 4.79. The lowest BCUT2D eigenvalue weighted by Crippen LogP contribution is -2.16. The molecule has 0 saturated carbocycles. The molecule has 0 unspecified atom stereocenters. The highest BCUT2D eigenvalue weighted by molar-refractivity contribution is 5.85. The molecule has 0 aromatic heterocycles. The standard InChI is InChI=1S/C19H17N3O2/c20-13-12-19(23)22-21-15-17-10-4-5-11-18(17)24-14-6-9-16-7-2-1-3-8-16/h1-11,15H,12,14H2,(H,22,23)/b9-6+,21-15+. The van der Waals surface area contributed by atoms with Crippen LogP contribution in [0.4, 0.5) is 0 Å². The van der Waals surface area contributed by atoms with E-state index in [0.29, 0.717) is 12.4 Å². The SMILES string of the molecule is N#CCC(=O)N/N=C/c1ccccc1OC/C=C/c1ccccc1. The predicted molar refractivity (Wildman–Crippen MR) is 93.4 cm³/mol. The number of carbonyl (C=O) groups is 1. The van der Waals surface area contributed by atoms with E-state index in [9.17, 15) is 4.79 Å². The molecule has 0 aliphatic heterocycles. The Morgan fingerprint density at radius 3 is 2.71 bits per heavy atom. The largest absolute Gasteiger partial charge is 0.489 e. The lowest BCUT2D eigenvalue weighted by Gasteiger charge is -2.06. The smallest absolute Gasteiger partial charge is 0.254 e. The van der Waals surface area contributed by atoms with Crippen molar-refractivity contribution in [2.24, 2.45) is 5.10 Å². The zero-order chi connectivity index (χ0) is 17.0. The van der Waals surface area contributed by atoms with E-state index in [4.69, 9.17) is 10.00 Å². The molecule has 0 aliphatic carbocycles. The number of nitrogens with one attached hydrogen (secondary N) is 1. The van der Waals surface area contributed by atoms with Crippen molar-refractivity contribution >= 4 is 18.2 Å². The molecule has 1 amide bonds. The molecule has 2 aromatic carbocycles. The summed E-state index contributed by atoms with van der Waals surface area (Å²) in [6.07, 6.45) is 5.18. The van der Waals surface area contributed by atoms with Crippen LogP contribution >= 0.6 is 0 Å². The Hall–Kier alpha value is -3.39. The number of amides is 1. The van der Waals surface area contributed by atoms with Crippen molar-refractivity contribution < 1.29 is 9.53 Å². The molecule has 0 atom stereocenters. The molecule has 24 heavy (non-hydrogen) atoms. The van der Waals surface area contributed by atoms with E-state index >= 15 is 0 Å². The summed E-state index contributed by atoms with van der Waals surface area (Å²) in [5.41, 5.74) is 4.13. The minimum Gasteiger partial charge on any atom is -0.489 e. The fourth-order valence-corrected chi connectivity index (χ4v) is 1.89. The number of nitrogens with zero attached hydrogens (tertiary/aromatic N) is 2. The van der Waals surface area contributed by atoms with Crippen LogP contribution in [0.15, 0.2) is 65.8 Å². The Balaban J connectivity index is 1.91. The summed E-state index contributed by atoms with van der Waals surface area (Å²) in [5, 5.41) is 12.2. The topological polar surface area (TPSA) is 74.5 Å². The van der Waals surface area contributed by atoms with Gasteiger partial charge in [0.2, 0.25) is 0 Å². The fraction of sp³-hybridized carbons (Fsp3) is 0.105. The lowest BCUT2D eigenvalue weighted by molar-refractivity contribution is -0.120. The molecular formula is C19H17N3O2. The van der Waals surface area contributed by atoms with Gasteiger partial charge in [-0.1, -0.05) is 48.5 Å². The monoisotopic (exact) mass is 319 g/mol. The predicted octanol–water partition coefficient (Wildman–Crippen LogP) is 3.14. The summed E-state index contributed by atoms with van der Waals surface area (Å²) in [6, 6.07) is 19.1. The molecule has 0 radical (unpaired) electrons. The number of ether oxygens (including phenoxy) is 1. The van der Waals surface area contributed by atoms with Crippen molar-refractivity contribution in [2.75, 3.05) is 6.61 Å². The van der Waals surface area contributed by atoms with Gasteiger partial charge >= 0.3 is 0 Å². The molecule has 0 bridgehead atoms. The van der Waals surface area contributed by atoms with Crippen molar-refractivity contribution in [3.05, 3.63) is 71.8 Å². The quantitative estimate of drug-likeness (QED) is 0.629. The highest BCUT2D eigenvalue weighted by Crippen LogP contribution is 2.15. The number of carbonyl (C=O) groups excluding carboxylic acids is 1. The van der Waals surface area contributed by atoms with E-state index in [2.05, 4.69) is 10.5 Å². The van der Waals surface area contributed by atoms with Crippen LogP contribution in [-0.4, -0.2) is 18.7 Å². The van der Waals surface area contributed by atoms with Gasteiger partial charge in [-0.25, -0.2) is 5.43 Å². The molecule has 0 aliphatic rings. The highest BCUT2D eigenvalue weighted by atomic mass is 16.5. The molecule has 0 saturated heterocycles. The number of rotatable bonds is 7. The van der Waals surface area contributed by atoms with Crippen LogP contribution in [0.2, 0.25) is 0 Å². The van der Waals surface area contributed by atoms with Gasteiger partial charge in [-0.3, -0.25) is 4.79 Å². The van der Waals surface area contributed by atoms with E-state index in [1.54, 1.807) is 6.07 Å². The first kappa shape index (κ1) is 17.0. The van der Waals surface area contributed by atoms with Crippen molar-refractivity contribution in [1.82, 2.24) is 5.43 Å². The van der Waals surface area contributed by atoms with Gasteiger partial charge < -0.3 is 4.74 Å². The van der Waals surface area contributed by atoms with Crippen LogP contribution in [0.5, 0.6) is 5.75 Å². The highest BCUT2D eigenvalue weighted by Gasteiger charge is 2.00. The van der Waals surface area contributed by atoms with Crippen LogP contribution < -0.4 is 10.2 Å². The van der Waals surface area contributed by atoms with Crippen molar-refractivity contribution in [3.63, 3.8) is 0 Å². The average Bonchev–Trinajstić information content (AvgIpc) is 2.61. The van der Waals surface area contributed by atoms with Crippen molar-refractivity contribution in [1.29, 1.82) is 5.26 Å². The number of hydrogen-bond donors (Lipinski definition) is 1. The number of hydrogen-bond acceptors (Lipinski definition) is 4. The first-order valence-electron chi connectivity index (χ1n) is 7.42. The molecular weight excluding hydrogens is 302 g/mol. The fourth-order valence-electron chi connectivity index (χ4n) is 1.89. The zero-order valence-electron chi connectivity index (χ0n) is 13.1. The van der Waals surface area contributed by atoms with Crippen LogP contribution in [0.1, 0.15) is 17.5 Å². The molecule has 5 nitrogen and oxygen atoms in total. The van der Waals surface area contributed by atoms with Crippen LogP contribution in [0.25, 0.3) is 6.08 Å². The van der Waals surface area contributed by atoms with Gasteiger partial charge in [0.15, 0.2) is 0 Å². The maximum absolute atomic E-state index is 11.2. The van der Waals surface area contributed by atoms with Crippen molar-refractivity contribution in [3.8, 4) is 11.8 Å². The number of para-hydroxylation sites is 1. The Kier molecular flexibility index (Phi) is 6.78. The Morgan fingerprint density at radius 1 is 1.17 bits per heavy atom. The van der Waals surface area contributed by atoms with Gasteiger partial charge in [0.25, 0.3) is 5.91 Å². The average molecular weight is 319 g/mol. The Bertz CT molecular complexity index is 762. The van der Waals surface area contributed by atoms with Crippen LogP contribution in [-0.2, 0) is 4.79 Å². The summed E-state index contributed by atoms with van der Waals surface area (Å²) < 4.78 is 5.72. The third-order valence-corrected chi connectivity index (χ3v) is 3.00. The molecule has 0 spiro atoms. The van der Waals surface area contributed by atoms with Crippen LogP contribution in [0, 0.1) is 11.3 Å². The van der Waals surface area contributed by atoms with Gasteiger partial charge in [0.1, 0.15) is 18.8 Å². The Labute approximate surface area is 140 Å². The normalized spacial score (nSPS) is 10.6. The van der Waals surface area contributed by atoms with E-state index in [1.807, 2.05) is 66.7 Å². The second kappa shape index (κ2) is 9.59. The maximum Gasteiger partial charge on any atom is 0.254 e. The van der Waals surface area contributed by atoms with Gasteiger partial charge in [-0.05, 0) is 23.8 Å². The molecule has 1 N–H and O–H groups in total. The van der Waals surface area contributed by atoms with Crippen molar-refractivity contribution in [2.45, 2.75) is 6.42 Å². The second-order valence-corrected chi connectivity index (χ2v) is 4.79. The summed E-state index contributed by atoms with van der Waals surface area (Å²) in [4.78, 5) is 11.2. The number of hydrazone groups is 1. The van der Waals surface area contributed by atoms with E-state index < -0.39 is 5.91 Å². The lowest BCUT2D eigenvalue weighted by atomic mass is 10.2. The van der Waals surface area contributed by atoms with Gasteiger partial charge in [-0.2, -0.15) is 10.4 Å². The summed E-state index contributed by atoms with van der Waals surface area (Å²) in [7, 11) is 0. The van der Waals surface area contributed by atoms with Gasteiger partial charge in [0.05, 0.1) is 12.3 Å². The molecule has 2 rings (SSSR count). The zero-order valence-corrected chi connectivity index (χ0v) is 13.1. The summed E-state index contributed by atoms with van der Waals surface area (Å²) in [5.74, 6) is 0.214.